The molecule has 0 saturated heterocycles. The molecule has 110 valence electrons. The number of amides is 1. The van der Waals surface area contributed by atoms with Gasteiger partial charge < -0.3 is 15.8 Å². The van der Waals surface area contributed by atoms with Gasteiger partial charge in [-0.1, -0.05) is 17.7 Å². The second kappa shape index (κ2) is 6.06. The Morgan fingerprint density at radius 2 is 1.90 bits per heavy atom. The normalized spacial score (nSPS) is 10.3. The number of nitrogens with two attached hydrogens (primary N) is 1. The molecule has 3 N–H and O–H groups in total. The van der Waals surface area contributed by atoms with Crippen LogP contribution >= 0.6 is 11.6 Å². The van der Waals surface area contributed by atoms with E-state index in [1.54, 1.807) is 24.3 Å². The number of ether oxygens (including phenoxy) is 1. The number of hydrogen-bond donors (Lipinski definition) is 2. The summed E-state index contributed by atoms with van der Waals surface area (Å²) >= 11 is 6.05. The Balaban J connectivity index is 2.31. The van der Waals surface area contributed by atoms with Gasteiger partial charge in [-0.3, -0.25) is 4.79 Å². The maximum absolute atomic E-state index is 12.3. The molecule has 0 fully saturated rings. The molecule has 5 heteroatoms. The number of halogens is 1. The van der Waals surface area contributed by atoms with Crippen molar-refractivity contribution in [2.45, 2.75) is 13.8 Å². The molecule has 2 aromatic carbocycles. The number of benzene rings is 2. The lowest BCUT2D eigenvalue weighted by molar-refractivity contribution is 0.102. The van der Waals surface area contributed by atoms with Crippen molar-refractivity contribution in [3.63, 3.8) is 0 Å². The Labute approximate surface area is 128 Å². The minimum absolute atomic E-state index is 0.248. The van der Waals surface area contributed by atoms with Crippen LogP contribution in [0.4, 0.5) is 11.4 Å². The van der Waals surface area contributed by atoms with Crippen molar-refractivity contribution >= 4 is 28.9 Å². The maximum atomic E-state index is 12.3. The van der Waals surface area contributed by atoms with Crippen LogP contribution in [0.25, 0.3) is 0 Å². The van der Waals surface area contributed by atoms with E-state index in [0.29, 0.717) is 27.7 Å². The van der Waals surface area contributed by atoms with E-state index in [4.69, 9.17) is 22.1 Å². The molecule has 0 heterocycles. The van der Waals surface area contributed by atoms with E-state index in [1.807, 2.05) is 19.9 Å². The van der Waals surface area contributed by atoms with Gasteiger partial charge in [0.25, 0.3) is 5.91 Å². The van der Waals surface area contributed by atoms with Gasteiger partial charge in [0.15, 0.2) is 0 Å². The smallest absolute Gasteiger partial charge is 0.255 e. The second-order valence-electron chi connectivity index (χ2n) is 4.83. The predicted octanol–water partition coefficient (Wildman–Crippen LogP) is 3.80. The number of methoxy groups -OCH3 is 1. The number of rotatable bonds is 3. The van der Waals surface area contributed by atoms with Crippen molar-refractivity contribution in [2.75, 3.05) is 18.2 Å². The highest BCUT2D eigenvalue weighted by molar-refractivity contribution is 6.31. The van der Waals surface area contributed by atoms with E-state index in [-0.39, 0.29) is 5.91 Å². The molecule has 2 aromatic rings. The van der Waals surface area contributed by atoms with Crippen molar-refractivity contribution in [3.05, 3.63) is 52.0 Å². The van der Waals surface area contributed by atoms with E-state index < -0.39 is 0 Å². The highest BCUT2D eigenvalue weighted by Gasteiger charge is 2.12. The highest BCUT2D eigenvalue weighted by Crippen LogP contribution is 2.31. The molecule has 2 rings (SSSR count). The molecule has 0 aromatic heterocycles. The van der Waals surface area contributed by atoms with Crippen LogP contribution in [0.3, 0.4) is 0 Å². The topological polar surface area (TPSA) is 64.3 Å². The number of carbonyl (C=O) groups excluding carboxylic acids is 1. The van der Waals surface area contributed by atoms with Crippen molar-refractivity contribution in [2.24, 2.45) is 0 Å². The monoisotopic (exact) mass is 304 g/mol. The fourth-order valence-electron chi connectivity index (χ4n) is 1.91. The molecule has 0 saturated carbocycles. The minimum Gasteiger partial charge on any atom is -0.495 e. The van der Waals surface area contributed by atoms with Gasteiger partial charge in [0.1, 0.15) is 5.75 Å². The Bertz CT molecular complexity index is 699. The van der Waals surface area contributed by atoms with Crippen LogP contribution in [0.15, 0.2) is 30.3 Å². The van der Waals surface area contributed by atoms with Crippen molar-refractivity contribution in [1.29, 1.82) is 0 Å². The molecule has 0 aliphatic rings. The zero-order valence-corrected chi connectivity index (χ0v) is 12.9. The Hall–Kier alpha value is -2.20. The van der Waals surface area contributed by atoms with Gasteiger partial charge >= 0.3 is 0 Å². The highest BCUT2D eigenvalue weighted by atomic mass is 35.5. The number of nitrogens with one attached hydrogen (secondary N) is 1. The van der Waals surface area contributed by atoms with Crippen LogP contribution in [-0.4, -0.2) is 13.0 Å². The van der Waals surface area contributed by atoms with E-state index >= 15 is 0 Å². The fourth-order valence-corrected chi connectivity index (χ4v) is 2.06. The summed E-state index contributed by atoms with van der Waals surface area (Å²) in [5, 5.41) is 3.40. The molecule has 4 nitrogen and oxygen atoms in total. The molecule has 21 heavy (non-hydrogen) atoms. The Morgan fingerprint density at radius 1 is 1.19 bits per heavy atom. The fraction of sp³-hybridized carbons (Fsp3) is 0.188. The molecule has 0 aliphatic carbocycles. The summed E-state index contributed by atoms with van der Waals surface area (Å²) in [6.07, 6.45) is 0. The van der Waals surface area contributed by atoms with Gasteiger partial charge in [-0.2, -0.15) is 0 Å². The van der Waals surface area contributed by atoms with Crippen LogP contribution in [0, 0.1) is 13.8 Å². The van der Waals surface area contributed by atoms with E-state index in [0.717, 1.165) is 11.1 Å². The summed E-state index contributed by atoms with van der Waals surface area (Å²) in [5.74, 6) is 0.265. The lowest BCUT2D eigenvalue weighted by atomic mass is 10.1. The molecule has 0 aliphatic heterocycles. The SMILES string of the molecule is COc1cc(Cl)c(C)cc1NC(=O)c1ccc(C)c(N)c1. The van der Waals surface area contributed by atoms with Gasteiger partial charge in [-0.15, -0.1) is 0 Å². The van der Waals surface area contributed by atoms with Gasteiger partial charge in [0.2, 0.25) is 0 Å². The lowest BCUT2D eigenvalue weighted by Gasteiger charge is -2.12. The zero-order chi connectivity index (χ0) is 15.6. The Kier molecular flexibility index (Phi) is 4.38. The average molecular weight is 305 g/mol. The van der Waals surface area contributed by atoms with Gasteiger partial charge in [-0.05, 0) is 43.2 Å². The van der Waals surface area contributed by atoms with E-state index in [2.05, 4.69) is 5.32 Å². The summed E-state index contributed by atoms with van der Waals surface area (Å²) in [6.45, 7) is 3.75. The molecule has 0 radical (unpaired) electrons. The first-order valence-corrected chi connectivity index (χ1v) is 6.81. The quantitative estimate of drug-likeness (QED) is 0.848. The van der Waals surface area contributed by atoms with Gasteiger partial charge in [0.05, 0.1) is 12.8 Å². The summed E-state index contributed by atoms with van der Waals surface area (Å²) in [4.78, 5) is 12.3. The first kappa shape index (κ1) is 15.2. The van der Waals surface area contributed by atoms with Crippen LogP contribution in [-0.2, 0) is 0 Å². The zero-order valence-electron chi connectivity index (χ0n) is 12.2. The third-order valence-corrected chi connectivity index (χ3v) is 3.68. The van der Waals surface area contributed by atoms with Crippen molar-refractivity contribution in [1.82, 2.24) is 0 Å². The van der Waals surface area contributed by atoms with Crippen LogP contribution in [0.2, 0.25) is 5.02 Å². The third-order valence-electron chi connectivity index (χ3n) is 3.27. The summed E-state index contributed by atoms with van der Waals surface area (Å²) in [7, 11) is 1.53. The van der Waals surface area contributed by atoms with Crippen LogP contribution in [0.1, 0.15) is 21.5 Å². The van der Waals surface area contributed by atoms with Crippen molar-refractivity contribution in [3.8, 4) is 5.75 Å². The summed E-state index contributed by atoms with van der Waals surface area (Å²) in [5.41, 5.74) is 9.27. The predicted molar refractivity (Wildman–Crippen MR) is 86.3 cm³/mol. The third kappa shape index (κ3) is 3.28. The second-order valence-corrected chi connectivity index (χ2v) is 5.23. The first-order valence-electron chi connectivity index (χ1n) is 6.44. The van der Waals surface area contributed by atoms with Crippen LogP contribution in [0.5, 0.6) is 5.75 Å². The first-order chi connectivity index (χ1) is 9.92. The molecule has 0 atom stereocenters. The number of aryl methyl sites for hydroxylation is 2. The molecule has 0 unspecified atom stereocenters. The van der Waals surface area contributed by atoms with Gasteiger partial charge in [-0.25, -0.2) is 0 Å². The van der Waals surface area contributed by atoms with Crippen molar-refractivity contribution < 1.29 is 9.53 Å². The molecule has 0 bridgehead atoms. The minimum atomic E-state index is -0.248. The lowest BCUT2D eigenvalue weighted by Crippen LogP contribution is -2.13. The molecule has 0 spiro atoms. The van der Waals surface area contributed by atoms with E-state index in [1.165, 1.54) is 7.11 Å². The van der Waals surface area contributed by atoms with E-state index in [9.17, 15) is 4.79 Å². The number of carbonyl (C=O) groups is 1. The summed E-state index contributed by atoms with van der Waals surface area (Å²) in [6, 6.07) is 8.65. The maximum Gasteiger partial charge on any atom is 0.255 e. The molecular weight excluding hydrogens is 288 g/mol. The standard InChI is InChI=1S/C16H17ClN2O2/c1-9-4-5-11(7-13(9)18)16(20)19-14-6-10(2)12(17)8-15(14)21-3/h4-8H,18H2,1-3H3,(H,19,20). The average Bonchev–Trinajstić information content (AvgIpc) is 2.45. The molecular formula is C16H17ClN2O2. The number of nitrogen functional groups attached to an aromatic ring is 1. The summed E-state index contributed by atoms with van der Waals surface area (Å²) < 4.78 is 5.24. The molecule has 1 amide bonds. The largest absolute Gasteiger partial charge is 0.495 e. The van der Waals surface area contributed by atoms with Gasteiger partial charge in [0, 0.05) is 22.3 Å². The number of hydrogen-bond acceptors (Lipinski definition) is 3. The van der Waals surface area contributed by atoms with Crippen LogP contribution < -0.4 is 15.8 Å². The number of anilines is 2. The Morgan fingerprint density at radius 3 is 2.52 bits per heavy atom.